The fourth-order valence-corrected chi connectivity index (χ4v) is 3.83. The fourth-order valence-electron chi connectivity index (χ4n) is 3.83. The zero-order valence-corrected chi connectivity index (χ0v) is 20.7. The van der Waals surface area contributed by atoms with E-state index in [4.69, 9.17) is 9.47 Å². The van der Waals surface area contributed by atoms with Gasteiger partial charge < -0.3 is 20.1 Å². The van der Waals surface area contributed by atoms with Crippen LogP contribution in [0, 0.1) is 6.92 Å². The molecule has 36 heavy (non-hydrogen) atoms. The Bertz CT molecular complexity index is 1330. The van der Waals surface area contributed by atoms with Crippen molar-refractivity contribution in [1.29, 1.82) is 0 Å². The summed E-state index contributed by atoms with van der Waals surface area (Å²) < 4.78 is 11.0. The normalized spacial score (nSPS) is 10.5. The molecule has 0 spiro atoms. The third kappa shape index (κ3) is 6.60. The van der Waals surface area contributed by atoms with Gasteiger partial charge in [-0.1, -0.05) is 42.5 Å². The number of methoxy groups -OCH3 is 1. The standard InChI is InChI=1S/C29H30N4O3/c1-4-36-26-15-13-21(17-27(26)35-3)14-16-29(34)33-24-12-8-11-23(18-24)32-28-19-25(30-20(2)31-28)22-9-6-5-7-10-22/h5-13,15,17-19H,4,14,16H2,1-3H3,(H,33,34)(H,30,31,32). The van der Waals surface area contributed by atoms with E-state index in [0.717, 1.165) is 22.5 Å². The van der Waals surface area contributed by atoms with Crippen LogP contribution >= 0.6 is 0 Å². The lowest BCUT2D eigenvalue weighted by Gasteiger charge is -2.12. The summed E-state index contributed by atoms with van der Waals surface area (Å²) in [7, 11) is 1.61. The Morgan fingerprint density at radius 1 is 0.889 bits per heavy atom. The van der Waals surface area contributed by atoms with Crippen molar-refractivity contribution in [2.75, 3.05) is 24.4 Å². The van der Waals surface area contributed by atoms with Gasteiger partial charge in [-0.3, -0.25) is 4.79 Å². The van der Waals surface area contributed by atoms with Crippen LogP contribution in [0.4, 0.5) is 17.2 Å². The van der Waals surface area contributed by atoms with Crippen LogP contribution in [-0.4, -0.2) is 29.6 Å². The van der Waals surface area contributed by atoms with Gasteiger partial charge in [0.05, 0.1) is 19.4 Å². The van der Waals surface area contributed by atoms with Crippen LogP contribution in [0.2, 0.25) is 0 Å². The molecule has 1 heterocycles. The SMILES string of the molecule is CCOc1ccc(CCC(=O)Nc2cccc(Nc3cc(-c4ccccc4)nc(C)n3)c2)cc1OC. The second-order valence-electron chi connectivity index (χ2n) is 8.22. The highest BCUT2D eigenvalue weighted by Gasteiger charge is 2.09. The van der Waals surface area contributed by atoms with Gasteiger partial charge in [0.2, 0.25) is 5.91 Å². The number of rotatable bonds is 10. The number of aromatic nitrogens is 2. The number of nitrogens with zero attached hydrogens (tertiary/aromatic N) is 2. The molecule has 0 aliphatic rings. The van der Waals surface area contributed by atoms with Gasteiger partial charge in [0, 0.05) is 29.4 Å². The number of ether oxygens (including phenoxy) is 2. The molecule has 0 atom stereocenters. The van der Waals surface area contributed by atoms with Gasteiger partial charge in [-0.25, -0.2) is 9.97 Å². The zero-order valence-electron chi connectivity index (χ0n) is 20.7. The van der Waals surface area contributed by atoms with Crippen LogP contribution in [0.15, 0.2) is 78.9 Å². The summed E-state index contributed by atoms with van der Waals surface area (Å²) in [5, 5.41) is 6.31. The monoisotopic (exact) mass is 482 g/mol. The first-order valence-corrected chi connectivity index (χ1v) is 11.9. The van der Waals surface area contributed by atoms with Crippen molar-refractivity contribution in [2.45, 2.75) is 26.7 Å². The van der Waals surface area contributed by atoms with E-state index < -0.39 is 0 Å². The number of nitrogens with one attached hydrogen (secondary N) is 2. The van der Waals surface area contributed by atoms with Crippen molar-refractivity contribution in [3.05, 3.63) is 90.3 Å². The molecular weight excluding hydrogens is 452 g/mol. The van der Waals surface area contributed by atoms with E-state index in [0.29, 0.717) is 48.3 Å². The number of carbonyl (C=O) groups excluding carboxylic acids is 1. The maximum atomic E-state index is 12.6. The van der Waals surface area contributed by atoms with Crippen LogP contribution in [-0.2, 0) is 11.2 Å². The molecule has 0 fully saturated rings. The Morgan fingerprint density at radius 2 is 1.69 bits per heavy atom. The van der Waals surface area contributed by atoms with Crippen LogP contribution in [0.5, 0.6) is 11.5 Å². The number of hydrogen-bond acceptors (Lipinski definition) is 6. The minimum Gasteiger partial charge on any atom is -0.493 e. The number of hydrogen-bond donors (Lipinski definition) is 2. The molecule has 0 unspecified atom stereocenters. The molecule has 7 nitrogen and oxygen atoms in total. The summed E-state index contributed by atoms with van der Waals surface area (Å²) >= 11 is 0. The van der Waals surface area contributed by atoms with Crippen molar-refractivity contribution >= 4 is 23.1 Å². The molecule has 2 N–H and O–H groups in total. The molecule has 1 aromatic heterocycles. The summed E-state index contributed by atoms with van der Waals surface area (Å²) in [5.74, 6) is 2.67. The predicted octanol–water partition coefficient (Wildman–Crippen LogP) is 6.17. The summed E-state index contributed by atoms with van der Waals surface area (Å²) in [6.07, 6.45) is 0.940. The number of carbonyl (C=O) groups is 1. The largest absolute Gasteiger partial charge is 0.493 e. The van der Waals surface area contributed by atoms with Crippen LogP contribution in [0.1, 0.15) is 24.7 Å². The van der Waals surface area contributed by atoms with Crippen LogP contribution in [0.25, 0.3) is 11.3 Å². The van der Waals surface area contributed by atoms with E-state index in [-0.39, 0.29) is 5.91 Å². The molecule has 0 bridgehead atoms. The summed E-state index contributed by atoms with van der Waals surface area (Å²) in [6.45, 7) is 4.37. The summed E-state index contributed by atoms with van der Waals surface area (Å²) in [6, 6.07) is 25.2. The predicted molar refractivity (Wildman–Crippen MR) is 143 cm³/mol. The smallest absolute Gasteiger partial charge is 0.224 e. The van der Waals surface area contributed by atoms with Crippen LogP contribution in [0.3, 0.4) is 0 Å². The van der Waals surface area contributed by atoms with E-state index in [1.54, 1.807) is 7.11 Å². The molecule has 0 aliphatic carbocycles. The number of anilines is 3. The second-order valence-corrected chi connectivity index (χ2v) is 8.22. The lowest BCUT2D eigenvalue weighted by atomic mass is 10.1. The van der Waals surface area contributed by atoms with E-state index in [1.165, 1.54) is 0 Å². The number of benzene rings is 3. The Balaban J connectivity index is 1.39. The minimum atomic E-state index is -0.0655. The lowest BCUT2D eigenvalue weighted by Crippen LogP contribution is -2.12. The lowest BCUT2D eigenvalue weighted by molar-refractivity contribution is -0.116. The van der Waals surface area contributed by atoms with E-state index in [1.807, 2.05) is 92.7 Å². The molecule has 7 heteroatoms. The molecular formula is C29H30N4O3. The van der Waals surface area contributed by atoms with Crippen molar-refractivity contribution in [3.8, 4) is 22.8 Å². The molecule has 3 aromatic carbocycles. The summed E-state index contributed by atoms with van der Waals surface area (Å²) in [5.41, 5.74) is 4.41. The first-order chi connectivity index (χ1) is 17.5. The molecule has 184 valence electrons. The van der Waals surface area contributed by atoms with E-state index >= 15 is 0 Å². The topological polar surface area (TPSA) is 85.4 Å². The first-order valence-electron chi connectivity index (χ1n) is 11.9. The second kappa shape index (κ2) is 11.8. The Hall–Kier alpha value is -4.39. The average Bonchev–Trinajstić information content (AvgIpc) is 2.88. The zero-order chi connectivity index (χ0) is 25.3. The minimum absolute atomic E-state index is 0.0655. The maximum absolute atomic E-state index is 12.6. The average molecular weight is 483 g/mol. The Labute approximate surface area is 211 Å². The van der Waals surface area contributed by atoms with Crippen LogP contribution < -0.4 is 20.1 Å². The van der Waals surface area contributed by atoms with Crippen molar-refractivity contribution in [3.63, 3.8) is 0 Å². The highest BCUT2D eigenvalue weighted by Crippen LogP contribution is 2.29. The van der Waals surface area contributed by atoms with Gasteiger partial charge in [-0.2, -0.15) is 0 Å². The third-order valence-corrected chi connectivity index (χ3v) is 5.49. The Kier molecular flexibility index (Phi) is 8.13. The fraction of sp³-hybridized carbons (Fsp3) is 0.207. The molecule has 0 radical (unpaired) electrons. The number of amides is 1. The first kappa shape index (κ1) is 24.7. The van der Waals surface area contributed by atoms with Crippen molar-refractivity contribution in [2.24, 2.45) is 0 Å². The molecule has 0 aliphatic heterocycles. The third-order valence-electron chi connectivity index (χ3n) is 5.49. The van der Waals surface area contributed by atoms with Gasteiger partial charge >= 0.3 is 0 Å². The molecule has 0 saturated heterocycles. The maximum Gasteiger partial charge on any atom is 0.224 e. The quantitative estimate of drug-likeness (QED) is 0.281. The summed E-state index contributed by atoms with van der Waals surface area (Å²) in [4.78, 5) is 21.7. The number of aryl methyl sites for hydroxylation is 2. The molecule has 4 aromatic rings. The molecule has 4 rings (SSSR count). The van der Waals surface area contributed by atoms with E-state index in [9.17, 15) is 4.79 Å². The van der Waals surface area contributed by atoms with Gasteiger partial charge in [0.1, 0.15) is 11.6 Å². The molecule has 0 saturated carbocycles. The van der Waals surface area contributed by atoms with Gasteiger partial charge in [-0.15, -0.1) is 0 Å². The Morgan fingerprint density at radius 3 is 2.47 bits per heavy atom. The van der Waals surface area contributed by atoms with Gasteiger partial charge in [-0.05, 0) is 56.2 Å². The molecule has 1 amide bonds. The highest BCUT2D eigenvalue weighted by atomic mass is 16.5. The van der Waals surface area contributed by atoms with Crippen molar-refractivity contribution in [1.82, 2.24) is 9.97 Å². The van der Waals surface area contributed by atoms with Gasteiger partial charge in [0.25, 0.3) is 0 Å². The van der Waals surface area contributed by atoms with Gasteiger partial charge in [0.15, 0.2) is 11.5 Å². The van der Waals surface area contributed by atoms with E-state index in [2.05, 4.69) is 20.6 Å². The highest BCUT2D eigenvalue weighted by molar-refractivity contribution is 5.91. The van der Waals surface area contributed by atoms with Crippen molar-refractivity contribution < 1.29 is 14.3 Å².